The number of hydrogen-bond acceptors (Lipinski definition) is 1. The molecule has 0 heterocycles. The molecular formula is C20H33N. The molecular weight excluding hydrogens is 254 g/mol. The van der Waals surface area contributed by atoms with E-state index in [0.29, 0.717) is 5.92 Å². The maximum Gasteiger partial charge on any atom is 0.0201 e. The van der Waals surface area contributed by atoms with E-state index in [1.165, 1.54) is 89.9 Å². The molecule has 1 heteroatoms. The van der Waals surface area contributed by atoms with Crippen LogP contribution in [0, 0.1) is 18.3 Å². The van der Waals surface area contributed by atoms with Crippen molar-refractivity contribution in [3.63, 3.8) is 0 Å². The van der Waals surface area contributed by atoms with Crippen molar-refractivity contribution in [3.8, 4) is 12.3 Å². The maximum absolute atomic E-state index is 5.65. The third-order valence-electron chi connectivity index (χ3n) is 6.35. The van der Waals surface area contributed by atoms with Gasteiger partial charge >= 0.3 is 0 Å². The molecule has 0 radical (unpaired) electrons. The van der Waals surface area contributed by atoms with Gasteiger partial charge in [-0.2, -0.15) is 0 Å². The van der Waals surface area contributed by atoms with E-state index < -0.39 is 0 Å². The highest BCUT2D eigenvalue weighted by Gasteiger charge is 2.35. The molecule has 0 bridgehead atoms. The zero-order valence-electron chi connectivity index (χ0n) is 13.7. The molecule has 0 N–H and O–H groups in total. The van der Waals surface area contributed by atoms with Crippen LogP contribution < -0.4 is 0 Å². The van der Waals surface area contributed by atoms with E-state index in [2.05, 4.69) is 10.8 Å². The zero-order valence-corrected chi connectivity index (χ0v) is 13.7. The van der Waals surface area contributed by atoms with Crippen LogP contribution in [0.2, 0.25) is 0 Å². The zero-order chi connectivity index (χ0) is 14.5. The smallest absolute Gasteiger partial charge is 0.0201 e. The number of rotatable bonds is 3. The van der Waals surface area contributed by atoms with Crippen molar-refractivity contribution in [2.45, 2.75) is 108 Å². The van der Waals surface area contributed by atoms with Gasteiger partial charge in [0.2, 0.25) is 0 Å². The molecule has 0 saturated heterocycles. The normalized spacial score (nSPS) is 33.0. The second-order valence-electron chi connectivity index (χ2n) is 7.70. The summed E-state index contributed by atoms with van der Waals surface area (Å²) in [6.07, 6.45) is 25.6. The Morgan fingerprint density at radius 3 is 1.43 bits per heavy atom. The molecule has 3 saturated carbocycles. The third-order valence-corrected chi connectivity index (χ3v) is 6.35. The molecule has 0 unspecified atom stereocenters. The number of hydrogen-bond donors (Lipinski definition) is 0. The van der Waals surface area contributed by atoms with Crippen LogP contribution in [0.3, 0.4) is 0 Å². The highest BCUT2D eigenvalue weighted by molar-refractivity contribution is 4.98. The van der Waals surface area contributed by atoms with Crippen LogP contribution in [-0.2, 0) is 0 Å². The second-order valence-corrected chi connectivity index (χ2v) is 7.70. The van der Waals surface area contributed by atoms with Crippen LogP contribution in [0.25, 0.3) is 0 Å². The van der Waals surface area contributed by atoms with Crippen molar-refractivity contribution in [2.75, 3.05) is 0 Å². The van der Waals surface area contributed by atoms with E-state index in [1.807, 2.05) is 0 Å². The Labute approximate surface area is 131 Å². The Morgan fingerprint density at radius 2 is 1.00 bits per heavy atom. The van der Waals surface area contributed by atoms with Gasteiger partial charge in [-0.1, -0.05) is 38.5 Å². The first kappa shape index (κ1) is 15.4. The van der Waals surface area contributed by atoms with E-state index in [0.717, 1.165) is 18.1 Å². The molecule has 0 amide bonds. The van der Waals surface area contributed by atoms with Crippen LogP contribution in [0.4, 0.5) is 0 Å². The highest BCUT2D eigenvalue weighted by Crippen LogP contribution is 2.36. The van der Waals surface area contributed by atoms with Gasteiger partial charge in [0, 0.05) is 24.0 Å². The standard InChI is InChI=1S/C20H33N/c1-2-17-13-15-20(16-14-17)21(18-9-5-3-6-10-18)19-11-7-4-8-12-19/h1,17-20H,3-16H2. The summed E-state index contributed by atoms with van der Waals surface area (Å²) >= 11 is 0. The molecule has 21 heavy (non-hydrogen) atoms. The van der Waals surface area contributed by atoms with Gasteiger partial charge < -0.3 is 0 Å². The van der Waals surface area contributed by atoms with Gasteiger partial charge in [-0.05, 0) is 51.4 Å². The molecule has 118 valence electrons. The van der Waals surface area contributed by atoms with Gasteiger partial charge in [0.05, 0.1) is 0 Å². The molecule has 3 aliphatic rings. The predicted molar refractivity (Wildman–Crippen MR) is 90.2 cm³/mol. The monoisotopic (exact) mass is 287 g/mol. The first-order valence-corrected chi connectivity index (χ1v) is 9.62. The van der Waals surface area contributed by atoms with E-state index in [1.54, 1.807) is 0 Å². The van der Waals surface area contributed by atoms with Gasteiger partial charge in [0.25, 0.3) is 0 Å². The summed E-state index contributed by atoms with van der Waals surface area (Å²) in [7, 11) is 0. The Kier molecular flexibility index (Phi) is 5.64. The van der Waals surface area contributed by atoms with Crippen LogP contribution in [-0.4, -0.2) is 23.0 Å². The number of nitrogens with zero attached hydrogens (tertiary/aromatic N) is 1. The summed E-state index contributed by atoms with van der Waals surface area (Å²) in [5.74, 6) is 3.57. The minimum Gasteiger partial charge on any atom is -0.294 e. The molecule has 3 fully saturated rings. The van der Waals surface area contributed by atoms with Crippen molar-refractivity contribution in [1.29, 1.82) is 0 Å². The lowest BCUT2D eigenvalue weighted by Crippen LogP contribution is -2.51. The summed E-state index contributed by atoms with van der Waals surface area (Å²) in [6, 6.07) is 2.64. The molecule has 0 atom stereocenters. The van der Waals surface area contributed by atoms with Gasteiger partial charge in [0.15, 0.2) is 0 Å². The van der Waals surface area contributed by atoms with Gasteiger partial charge in [-0.25, -0.2) is 0 Å². The van der Waals surface area contributed by atoms with Crippen molar-refractivity contribution >= 4 is 0 Å². The lowest BCUT2D eigenvalue weighted by molar-refractivity contribution is 0.0187. The molecule has 0 aromatic carbocycles. The van der Waals surface area contributed by atoms with E-state index in [4.69, 9.17) is 6.42 Å². The fraction of sp³-hybridized carbons (Fsp3) is 0.900. The molecule has 3 aliphatic carbocycles. The van der Waals surface area contributed by atoms with Crippen LogP contribution >= 0.6 is 0 Å². The van der Waals surface area contributed by atoms with Crippen molar-refractivity contribution < 1.29 is 0 Å². The van der Waals surface area contributed by atoms with Gasteiger partial charge in [0.1, 0.15) is 0 Å². The van der Waals surface area contributed by atoms with Gasteiger partial charge in [-0.15, -0.1) is 12.3 Å². The predicted octanol–water partition coefficient (Wildman–Crippen LogP) is 5.15. The highest BCUT2D eigenvalue weighted by atomic mass is 15.2. The number of terminal acetylenes is 1. The van der Waals surface area contributed by atoms with Crippen molar-refractivity contribution in [1.82, 2.24) is 4.90 Å². The Balaban J connectivity index is 1.67. The van der Waals surface area contributed by atoms with E-state index in [-0.39, 0.29) is 0 Å². The Hall–Kier alpha value is -0.480. The summed E-state index contributed by atoms with van der Waals surface area (Å²) in [6.45, 7) is 0. The van der Waals surface area contributed by atoms with Gasteiger partial charge in [-0.3, -0.25) is 4.90 Å². The van der Waals surface area contributed by atoms with E-state index >= 15 is 0 Å². The topological polar surface area (TPSA) is 3.24 Å². The fourth-order valence-corrected chi connectivity index (χ4v) is 5.19. The van der Waals surface area contributed by atoms with Crippen LogP contribution in [0.1, 0.15) is 89.9 Å². The second kappa shape index (κ2) is 7.68. The average molecular weight is 287 g/mol. The minimum absolute atomic E-state index is 0.570. The average Bonchev–Trinajstić information content (AvgIpc) is 2.58. The Bertz CT molecular complexity index is 317. The summed E-state index contributed by atoms with van der Waals surface area (Å²) < 4.78 is 0. The molecule has 0 aliphatic heterocycles. The molecule has 3 rings (SSSR count). The van der Waals surface area contributed by atoms with Crippen molar-refractivity contribution in [3.05, 3.63) is 0 Å². The van der Waals surface area contributed by atoms with E-state index in [9.17, 15) is 0 Å². The first-order valence-electron chi connectivity index (χ1n) is 9.62. The largest absolute Gasteiger partial charge is 0.294 e. The van der Waals surface area contributed by atoms with Crippen molar-refractivity contribution in [2.24, 2.45) is 5.92 Å². The first-order chi connectivity index (χ1) is 10.4. The quantitative estimate of drug-likeness (QED) is 0.649. The molecule has 0 aromatic rings. The van der Waals surface area contributed by atoms with Crippen LogP contribution in [0.5, 0.6) is 0 Å². The Morgan fingerprint density at radius 1 is 0.571 bits per heavy atom. The molecule has 0 aromatic heterocycles. The summed E-state index contributed by atoms with van der Waals surface area (Å²) in [5, 5.41) is 0. The third kappa shape index (κ3) is 3.84. The lowest BCUT2D eigenvalue weighted by atomic mass is 9.81. The minimum atomic E-state index is 0.570. The lowest BCUT2D eigenvalue weighted by Gasteiger charge is -2.48. The maximum atomic E-state index is 5.65. The summed E-state index contributed by atoms with van der Waals surface area (Å²) in [5.41, 5.74) is 0. The SMILES string of the molecule is C#CC1CCC(N(C2CCCCC2)C2CCCCC2)CC1. The fourth-order valence-electron chi connectivity index (χ4n) is 5.19. The molecule has 0 spiro atoms. The molecule has 1 nitrogen and oxygen atoms in total. The van der Waals surface area contributed by atoms with Crippen LogP contribution in [0.15, 0.2) is 0 Å². The summed E-state index contributed by atoms with van der Waals surface area (Å²) in [4.78, 5) is 3.03.